The van der Waals surface area contributed by atoms with Crippen LogP contribution in [0.1, 0.15) is 51.5 Å². The van der Waals surface area contributed by atoms with Crippen molar-refractivity contribution in [3.8, 4) is 22.9 Å². The SMILES string of the molecule is CCc1cnn2cc(O)cc(-c3c(F)cc4c(N5C[C@H]6CC[C@@](C)(C5)N6)nc(OC[C@@]56CCCN5C[C@H](F)C6)nc4c3F)c12. The van der Waals surface area contributed by atoms with Crippen LogP contribution in [0, 0.1) is 11.6 Å². The van der Waals surface area contributed by atoms with E-state index in [0.29, 0.717) is 43.8 Å². The average molecular weight is 608 g/mol. The van der Waals surface area contributed by atoms with Gasteiger partial charge in [-0.2, -0.15) is 15.1 Å². The van der Waals surface area contributed by atoms with E-state index in [1.165, 1.54) is 22.8 Å². The summed E-state index contributed by atoms with van der Waals surface area (Å²) in [5, 5.41) is 18.7. The first-order valence-corrected chi connectivity index (χ1v) is 15.6. The molecule has 8 rings (SSSR count). The number of ether oxygens (including phenoxy) is 1. The van der Waals surface area contributed by atoms with Crippen LogP contribution in [0.15, 0.2) is 24.5 Å². The molecule has 3 aromatic heterocycles. The van der Waals surface area contributed by atoms with E-state index in [1.807, 2.05) is 6.92 Å². The molecule has 0 saturated carbocycles. The molecule has 9 nitrogen and oxygen atoms in total. The number of fused-ring (bicyclic) bond motifs is 5. The molecule has 12 heteroatoms. The summed E-state index contributed by atoms with van der Waals surface area (Å²) in [5.41, 5.74) is 0.554. The highest BCUT2D eigenvalue weighted by molar-refractivity contribution is 5.96. The van der Waals surface area contributed by atoms with E-state index in [-0.39, 0.29) is 52.0 Å². The summed E-state index contributed by atoms with van der Waals surface area (Å²) < 4.78 is 55.1. The minimum Gasteiger partial charge on any atom is -0.506 e. The smallest absolute Gasteiger partial charge is 0.319 e. The van der Waals surface area contributed by atoms with Gasteiger partial charge < -0.3 is 20.1 Å². The number of piperazine rings is 1. The number of pyridine rings is 1. The number of alkyl halides is 1. The van der Waals surface area contributed by atoms with Gasteiger partial charge in [0.15, 0.2) is 5.82 Å². The highest BCUT2D eigenvalue weighted by Gasteiger charge is 2.49. The van der Waals surface area contributed by atoms with Gasteiger partial charge in [0.2, 0.25) is 0 Å². The molecule has 4 aromatic rings. The van der Waals surface area contributed by atoms with Crippen LogP contribution in [-0.4, -0.2) is 85.7 Å². The van der Waals surface area contributed by atoms with Gasteiger partial charge >= 0.3 is 6.01 Å². The summed E-state index contributed by atoms with van der Waals surface area (Å²) in [6, 6.07) is 2.88. The molecule has 0 aliphatic carbocycles. The predicted octanol–water partition coefficient (Wildman–Crippen LogP) is 4.78. The lowest BCUT2D eigenvalue weighted by atomic mass is 9.95. The Morgan fingerprint density at radius 2 is 2.05 bits per heavy atom. The number of aromatic nitrogens is 4. The molecule has 44 heavy (non-hydrogen) atoms. The molecule has 0 radical (unpaired) electrons. The number of anilines is 1. The second kappa shape index (κ2) is 9.93. The molecule has 1 aromatic carbocycles. The molecule has 0 spiro atoms. The van der Waals surface area contributed by atoms with Gasteiger partial charge in [-0.25, -0.2) is 17.7 Å². The lowest BCUT2D eigenvalue weighted by Gasteiger charge is -2.40. The van der Waals surface area contributed by atoms with Gasteiger partial charge in [0.1, 0.15) is 35.7 Å². The summed E-state index contributed by atoms with van der Waals surface area (Å²) >= 11 is 0. The van der Waals surface area contributed by atoms with E-state index in [0.717, 1.165) is 37.8 Å². The molecule has 7 heterocycles. The molecule has 2 bridgehead atoms. The summed E-state index contributed by atoms with van der Waals surface area (Å²) in [4.78, 5) is 13.5. The van der Waals surface area contributed by atoms with Crippen LogP contribution >= 0.6 is 0 Å². The van der Waals surface area contributed by atoms with Crippen LogP contribution in [-0.2, 0) is 6.42 Å². The molecule has 232 valence electrons. The van der Waals surface area contributed by atoms with E-state index in [9.17, 15) is 9.50 Å². The predicted molar refractivity (Wildman–Crippen MR) is 160 cm³/mol. The minimum atomic E-state index is -0.914. The van der Waals surface area contributed by atoms with Crippen LogP contribution in [0.3, 0.4) is 0 Å². The maximum absolute atomic E-state index is 16.8. The quantitative estimate of drug-likeness (QED) is 0.324. The zero-order valence-electron chi connectivity index (χ0n) is 24.9. The van der Waals surface area contributed by atoms with Crippen molar-refractivity contribution >= 4 is 22.2 Å². The Balaban J connectivity index is 1.29. The number of halogens is 3. The second-order valence-corrected chi connectivity index (χ2v) is 13.4. The number of benzene rings is 1. The first-order valence-electron chi connectivity index (χ1n) is 15.6. The van der Waals surface area contributed by atoms with Crippen LogP contribution < -0.4 is 15.0 Å². The Labute approximate surface area is 253 Å². The van der Waals surface area contributed by atoms with Crippen molar-refractivity contribution < 1.29 is 23.0 Å². The van der Waals surface area contributed by atoms with Crippen molar-refractivity contribution in [3.63, 3.8) is 0 Å². The third kappa shape index (κ3) is 4.32. The first kappa shape index (κ1) is 27.9. The monoisotopic (exact) mass is 607 g/mol. The van der Waals surface area contributed by atoms with Crippen molar-refractivity contribution in [2.45, 2.75) is 75.7 Å². The van der Waals surface area contributed by atoms with Crippen molar-refractivity contribution in [2.24, 2.45) is 0 Å². The Morgan fingerprint density at radius 3 is 2.86 bits per heavy atom. The average Bonchev–Trinajstić information content (AvgIpc) is 3.72. The van der Waals surface area contributed by atoms with Gasteiger partial charge in [0.05, 0.1) is 29.0 Å². The summed E-state index contributed by atoms with van der Waals surface area (Å²) in [6.45, 7) is 6.74. The molecule has 2 N–H and O–H groups in total. The van der Waals surface area contributed by atoms with E-state index >= 15 is 8.78 Å². The second-order valence-electron chi connectivity index (χ2n) is 13.4. The fourth-order valence-electron chi connectivity index (χ4n) is 8.29. The molecule has 4 atom stereocenters. The van der Waals surface area contributed by atoms with E-state index < -0.39 is 23.3 Å². The highest BCUT2D eigenvalue weighted by atomic mass is 19.1. The van der Waals surface area contributed by atoms with Crippen LogP contribution in [0.4, 0.5) is 19.0 Å². The Bertz CT molecular complexity index is 1800. The summed E-state index contributed by atoms with van der Waals surface area (Å²) in [7, 11) is 0. The van der Waals surface area contributed by atoms with Crippen molar-refractivity contribution in [2.75, 3.05) is 37.7 Å². The number of hydrogen-bond donors (Lipinski definition) is 2. The third-order valence-electron chi connectivity index (χ3n) is 10.3. The maximum Gasteiger partial charge on any atom is 0.319 e. The third-order valence-corrected chi connectivity index (χ3v) is 10.3. The zero-order chi connectivity index (χ0) is 30.4. The van der Waals surface area contributed by atoms with Crippen molar-refractivity contribution in [1.82, 2.24) is 29.8 Å². The summed E-state index contributed by atoms with van der Waals surface area (Å²) in [5.74, 6) is -1.39. The molecular formula is C32H36F3N7O2. The first-order chi connectivity index (χ1) is 21.1. The number of aryl methyl sites for hydroxylation is 1. The number of nitrogens with one attached hydrogen (secondary N) is 1. The van der Waals surface area contributed by atoms with Crippen molar-refractivity contribution in [3.05, 3.63) is 41.7 Å². The number of aromatic hydroxyl groups is 1. The number of rotatable bonds is 6. The Kier molecular flexibility index (Phi) is 6.29. The number of hydrogen-bond acceptors (Lipinski definition) is 8. The van der Waals surface area contributed by atoms with Gasteiger partial charge in [-0.05, 0) is 63.3 Å². The standard InChI is InChI=1S/C32H36F3N7O2/c1-3-18-12-36-42-15-21(43)9-22(28(18)42)25-24(34)10-23-27(26(25)35)37-30(44-17-32-6-4-8-41(32)13-19(33)11-32)38-29(23)40-14-20-5-7-31(2,16-40)39-20/h9-10,12,15,19-20,39,43H,3-8,11,13-14,16-17H2,1-2H3/t19-,20-,31+,32+/m1/s1. The van der Waals surface area contributed by atoms with Gasteiger partial charge in [0.25, 0.3) is 0 Å². The van der Waals surface area contributed by atoms with Crippen LogP contribution in [0.25, 0.3) is 27.5 Å². The molecule has 4 saturated heterocycles. The van der Waals surface area contributed by atoms with Gasteiger partial charge in [-0.1, -0.05) is 6.92 Å². The van der Waals surface area contributed by atoms with E-state index in [1.54, 1.807) is 6.20 Å². The number of nitrogens with zero attached hydrogens (tertiary/aromatic N) is 6. The highest BCUT2D eigenvalue weighted by Crippen LogP contribution is 2.43. The lowest BCUT2D eigenvalue weighted by Crippen LogP contribution is -2.58. The molecule has 4 fully saturated rings. The fraction of sp³-hybridized carbons (Fsp3) is 0.531. The minimum absolute atomic E-state index is 0.0109. The van der Waals surface area contributed by atoms with E-state index in [2.05, 4.69) is 32.1 Å². The normalized spacial score (nSPS) is 28.4. The van der Waals surface area contributed by atoms with Crippen LogP contribution in [0.2, 0.25) is 0 Å². The molecular weight excluding hydrogens is 571 g/mol. The van der Waals surface area contributed by atoms with Gasteiger partial charge in [-0.3, -0.25) is 4.90 Å². The fourth-order valence-corrected chi connectivity index (χ4v) is 8.29. The van der Waals surface area contributed by atoms with E-state index in [4.69, 9.17) is 9.72 Å². The van der Waals surface area contributed by atoms with Gasteiger partial charge in [0, 0.05) is 48.6 Å². The van der Waals surface area contributed by atoms with Gasteiger partial charge in [-0.15, -0.1) is 0 Å². The molecule has 0 unspecified atom stereocenters. The maximum atomic E-state index is 16.8. The zero-order valence-corrected chi connectivity index (χ0v) is 24.9. The lowest BCUT2D eigenvalue weighted by molar-refractivity contribution is 0.107. The molecule has 4 aliphatic rings. The summed E-state index contributed by atoms with van der Waals surface area (Å²) in [6.07, 6.45) is 6.88. The Morgan fingerprint density at radius 1 is 1.18 bits per heavy atom. The molecule has 0 amide bonds. The van der Waals surface area contributed by atoms with Crippen LogP contribution in [0.5, 0.6) is 11.8 Å². The molecule has 4 aliphatic heterocycles. The Hall–Kier alpha value is -3.64. The van der Waals surface area contributed by atoms with Crippen molar-refractivity contribution in [1.29, 1.82) is 0 Å². The largest absolute Gasteiger partial charge is 0.506 e. The topological polar surface area (TPSA) is 91.0 Å².